The molecule has 0 atom stereocenters. The molecule has 0 N–H and O–H groups in total. The Morgan fingerprint density at radius 2 is 1.89 bits per heavy atom. The fraction of sp³-hybridized carbons (Fsp3) is 0.231. The summed E-state index contributed by atoms with van der Waals surface area (Å²) in [7, 11) is 4.72. The fourth-order valence-corrected chi connectivity index (χ4v) is 1.72. The molecule has 1 heterocycles. The second kappa shape index (κ2) is 4.91. The maximum atomic E-state index is 11.6. The van der Waals surface area contributed by atoms with Crippen LogP contribution in [0.1, 0.15) is 10.5 Å². The van der Waals surface area contributed by atoms with E-state index >= 15 is 0 Å². The van der Waals surface area contributed by atoms with Crippen LogP contribution in [0.3, 0.4) is 0 Å². The van der Waals surface area contributed by atoms with Crippen LogP contribution in [0.5, 0.6) is 5.75 Å². The van der Waals surface area contributed by atoms with Gasteiger partial charge in [-0.3, -0.25) is 4.68 Å². The highest BCUT2D eigenvalue weighted by molar-refractivity contribution is 5.95. The maximum absolute atomic E-state index is 11.6. The minimum Gasteiger partial charge on any atom is -0.497 e. The summed E-state index contributed by atoms with van der Waals surface area (Å²) in [5.74, 6) is 0.323. The number of hydrogen-bond acceptors (Lipinski definition) is 4. The number of carbonyl (C=O) groups is 1. The molecule has 1 aromatic carbocycles. The Labute approximate surface area is 105 Å². The minimum atomic E-state index is -0.443. The van der Waals surface area contributed by atoms with Gasteiger partial charge in [-0.25, -0.2) is 4.79 Å². The molecule has 0 saturated heterocycles. The Bertz CT molecular complexity index is 558. The van der Waals surface area contributed by atoms with Crippen LogP contribution >= 0.6 is 0 Å². The first-order chi connectivity index (χ1) is 8.65. The van der Waals surface area contributed by atoms with Gasteiger partial charge in [0, 0.05) is 18.8 Å². The monoisotopic (exact) mass is 246 g/mol. The third-order valence-corrected chi connectivity index (χ3v) is 2.61. The molecule has 18 heavy (non-hydrogen) atoms. The van der Waals surface area contributed by atoms with Crippen molar-refractivity contribution in [2.75, 3.05) is 14.2 Å². The lowest BCUT2D eigenvalue weighted by molar-refractivity contribution is 0.0594. The van der Waals surface area contributed by atoms with Crippen molar-refractivity contribution in [1.82, 2.24) is 9.78 Å². The molecule has 1 aromatic heterocycles. The molecule has 2 aromatic rings. The molecule has 94 valence electrons. The van der Waals surface area contributed by atoms with Gasteiger partial charge >= 0.3 is 5.97 Å². The van der Waals surface area contributed by atoms with Crippen molar-refractivity contribution in [1.29, 1.82) is 0 Å². The number of nitrogens with zero attached hydrogens (tertiary/aromatic N) is 2. The van der Waals surface area contributed by atoms with Crippen LogP contribution in [0.2, 0.25) is 0 Å². The summed E-state index contributed by atoms with van der Waals surface area (Å²) in [6, 6.07) is 7.43. The smallest absolute Gasteiger partial charge is 0.359 e. The highest BCUT2D eigenvalue weighted by atomic mass is 16.5. The summed E-state index contributed by atoms with van der Waals surface area (Å²) >= 11 is 0. The van der Waals surface area contributed by atoms with Crippen LogP contribution in [-0.4, -0.2) is 30.0 Å². The van der Waals surface area contributed by atoms with Crippen molar-refractivity contribution in [3.8, 4) is 16.9 Å². The Balaban J connectivity index is 2.45. The number of carbonyl (C=O) groups excluding carboxylic acids is 1. The molecule has 0 saturated carbocycles. The van der Waals surface area contributed by atoms with E-state index < -0.39 is 5.97 Å². The molecule has 0 fully saturated rings. The number of aromatic nitrogens is 2. The first-order valence-electron chi connectivity index (χ1n) is 5.42. The predicted octanol–water partition coefficient (Wildman–Crippen LogP) is 1.88. The Kier molecular flexibility index (Phi) is 3.32. The molecule has 0 aliphatic carbocycles. The molecule has 0 amide bonds. The van der Waals surface area contributed by atoms with Gasteiger partial charge in [0.1, 0.15) is 5.75 Å². The van der Waals surface area contributed by atoms with Gasteiger partial charge in [0.25, 0.3) is 0 Å². The highest BCUT2D eigenvalue weighted by Gasteiger charge is 2.17. The van der Waals surface area contributed by atoms with Gasteiger partial charge in [0.15, 0.2) is 5.69 Å². The molecule has 5 heteroatoms. The average Bonchev–Trinajstić information content (AvgIpc) is 2.80. The summed E-state index contributed by atoms with van der Waals surface area (Å²) < 4.78 is 11.4. The Morgan fingerprint density at radius 1 is 1.22 bits per heavy atom. The number of rotatable bonds is 3. The zero-order valence-electron chi connectivity index (χ0n) is 10.5. The van der Waals surface area contributed by atoms with Crippen LogP contribution in [0.15, 0.2) is 30.5 Å². The molecular formula is C13H14N2O3. The molecule has 0 radical (unpaired) electrons. The zero-order chi connectivity index (χ0) is 13.1. The largest absolute Gasteiger partial charge is 0.497 e. The van der Waals surface area contributed by atoms with E-state index in [0.29, 0.717) is 5.69 Å². The van der Waals surface area contributed by atoms with Crippen LogP contribution in [0.25, 0.3) is 11.1 Å². The van der Waals surface area contributed by atoms with E-state index in [1.807, 2.05) is 24.3 Å². The average molecular weight is 246 g/mol. The first kappa shape index (κ1) is 12.2. The molecule has 0 unspecified atom stereocenters. The lowest BCUT2D eigenvalue weighted by Crippen LogP contribution is -2.04. The number of hydrogen-bond donors (Lipinski definition) is 0. The predicted molar refractivity (Wildman–Crippen MR) is 66.5 cm³/mol. The summed E-state index contributed by atoms with van der Waals surface area (Å²) in [5, 5.41) is 4.11. The maximum Gasteiger partial charge on any atom is 0.359 e. The summed E-state index contributed by atoms with van der Waals surface area (Å²) in [6.07, 6.45) is 1.79. The van der Waals surface area contributed by atoms with E-state index in [-0.39, 0.29) is 0 Å². The lowest BCUT2D eigenvalue weighted by atomic mass is 10.1. The van der Waals surface area contributed by atoms with Crippen molar-refractivity contribution < 1.29 is 14.3 Å². The van der Waals surface area contributed by atoms with E-state index in [1.54, 1.807) is 25.0 Å². The van der Waals surface area contributed by atoms with Crippen molar-refractivity contribution in [2.24, 2.45) is 7.05 Å². The lowest BCUT2D eigenvalue weighted by Gasteiger charge is -2.03. The molecule has 0 aliphatic heterocycles. The van der Waals surface area contributed by atoms with E-state index in [9.17, 15) is 4.79 Å². The van der Waals surface area contributed by atoms with Gasteiger partial charge in [0.05, 0.1) is 14.2 Å². The van der Waals surface area contributed by atoms with E-state index in [4.69, 9.17) is 9.47 Å². The third kappa shape index (κ3) is 2.20. The van der Waals surface area contributed by atoms with E-state index in [0.717, 1.165) is 16.9 Å². The normalized spacial score (nSPS) is 10.2. The molecule has 0 bridgehead atoms. The number of benzene rings is 1. The van der Waals surface area contributed by atoms with Crippen LogP contribution in [0.4, 0.5) is 0 Å². The van der Waals surface area contributed by atoms with Gasteiger partial charge < -0.3 is 9.47 Å². The van der Waals surface area contributed by atoms with Crippen LogP contribution in [-0.2, 0) is 11.8 Å². The van der Waals surface area contributed by atoms with Crippen molar-refractivity contribution in [2.45, 2.75) is 0 Å². The topological polar surface area (TPSA) is 53.3 Å². The number of methoxy groups -OCH3 is 2. The van der Waals surface area contributed by atoms with E-state index in [1.165, 1.54) is 7.11 Å². The Morgan fingerprint density at radius 3 is 2.44 bits per heavy atom. The molecule has 0 spiro atoms. The van der Waals surface area contributed by atoms with Crippen molar-refractivity contribution in [3.63, 3.8) is 0 Å². The minimum absolute atomic E-state index is 0.310. The second-order valence-corrected chi connectivity index (χ2v) is 3.79. The first-order valence-corrected chi connectivity index (χ1v) is 5.42. The van der Waals surface area contributed by atoms with Gasteiger partial charge in [-0.1, -0.05) is 12.1 Å². The molecule has 2 rings (SSSR count). The van der Waals surface area contributed by atoms with Crippen LogP contribution in [0, 0.1) is 0 Å². The van der Waals surface area contributed by atoms with Crippen molar-refractivity contribution >= 4 is 5.97 Å². The van der Waals surface area contributed by atoms with Crippen LogP contribution < -0.4 is 4.74 Å². The Hall–Kier alpha value is -2.30. The number of esters is 1. The number of ether oxygens (including phenoxy) is 2. The van der Waals surface area contributed by atoms with Gasteiger partial charge in [-0.2, -0.15) is 5.10 Å². The molecular weight excluding hydrogens is 232 g/mol. The summed E-state index contributed by atoms with van der Waals surface area (Å²) in [4.78, 5) is 11.6. The van der Waals surface area contributed by atoms with E-state index in [2.05, 4.69) is 5.10 Å². The third-order valence-electron chi connectivity index (χ3n) is 2.61. The number of aryl methyl sites for hydroxylation is 1. The van der Waals surface area contributed by atoms with Gasteiger partial charge in [-0.15, -0.1) is 0 Å². The van der Waals surface area contributed by atoms with Crippen molar-refractivity contribution in [3.05, 3.63) is 36.2 Å². The zero-order valence-corrected chi connectivity index (χ0v) is 10.5. The molecule has 0 aliphatic rings. The summed E-state index contributed by atoms with van der Waals surface area (Å²) in [6.45, 7) is 0. The molecule has 5 nitrogen and oxygen atoms in total. The van der Waals surface area contributed by atoms with Gasteiger partial charge in [-0.05, 0) is 17.7 Å². The highest BCUT2D eigenvalue weighted by Crippen LogP contribution is 2.25. The summed E-state index contributed by atoms with van der Waals surface area (Å²) in [5.41, 5.74) is 1.95. The second-order valence-electron chi connectivity index (χ2n) is 3.79. The quantitative estimate of drug-likeness (QED) is 0.776. The standard InChI is InChI=1S/C13H14N2O3/c1-15-8-11(12(14-15)13(16)18-3)9-4-6-10(17-2)7-5-9/h4-8H,1-3H3. The van der Waals surface area contributed by atoms with Gasteiger partial charge in [0.2, 0.25) is 0 Å². The fourth-order valence-electron chi connectivity index (χ4n) is 1.72. The SMILES string of the molecule is COC(=O)c1nn(C)cc1-c1ccc(OC)cc1.